The van der Waals surface area contributed by atoms with Gasteiger partial charge in [-0.3, -0.25) is 4.79 Å². The molecule has 0 aromatic carbocycles. The van der Waals surface area contributed by atoms with Crippen molar-refractivity contribution >= 4 is 14.1 Å². The van der Waals surface area contributed by atoms with Crippen LogP contribution in [0.4, 0.5) is 0 Å². The van der Waals surface area contributed by atoms with Crippen LogP contribution in [0.25, 0.3) is 0 Å². The van der Waals surface area contributed by atoms with Crippen LogP contribution in [0.2, 0.25) is 18.1 Å². The summed E-state index contributed by atoms with van der Waals surface area (Å²) in [6, 6.07) is 0. The van der Waals surface area contributed by atoms with Crippen LogP contribution in [-0.2, 0) is 9.22 Å². The highest BCUT2D eigenvalue weighted by molar-refractivity contribution is 6.74. The van der Waals surface area contributed by atoms with E-state index in [-0.39, 0.29) is 5.04 Å². The van der Waals surface area contributed by atoms with Crippen LogP contribution >= 0.6 is 0 Å². The van der Waals surface area contributed by atoms with Crippen molar-refractivity contribution in [3.8, 4) is 0 Å². The lowest BCUT2D eigenvalue weighted by atomic mass is 9.46. The van der Waals surface area contributed by atoms with Crippen molar-refractivity contribution in [1.29, 1.82) is 0 Å². The van der Waals surface area contributed by atoms with E-state index < -0.39 is 8.32 Å². The highest BCUT2D eigenvalue weighted by Gasteiger charge is 2.60. The highest BCUT2D eigenvalue weighted by atomic mass is 28.4. The standard InChI is InChI=1S/C27H46O2Si/c1-18(29-30(7,8)25(2,3)4)22-11-12-23-21-10-9-19-17-20(28)13-15-26(19,5)24(21)14-16-27(22,23)6/h17-18,21-24H,9-16H2,1-8H3/t18-,21+,22-,23+,24+,26+,27-/m1/s1. The zero-order valence-electron chi connectivity index (χ0n) is 20.9. The third kappa shape index (κ3) is 3.41. The quantitative estimate of drug-likeness (QED) is 0.432. The number of rotatable bonds is 3. The van der Waals surface area contributed by atoms with Crippen molar-refractivity contribution in [3.05, 3.63) is 11.6 Å². The van der Waals surface area contributed by atoms with E-state index in [9.17, 15) is 4.79 Å². The minimum Gasteiger partial charge on any atom is -0.414 e. The third-order valence-corrected chi connectivity index (χ3v) is 15.5. The van der Waals surface area contributed by atoms with Gasteiger partial charge in [0.25, 0.3) is 0 Å². The fraction of sp³-hybridized carbons (Fsp3) is 0.889. The van der Waals surface area contributed by atoms with E-state index >= 15 is 0 Å². The molecule has 0 bridgehead atoms. The summed E-state index contributed by atoms with van der Waals surface area (Å²) in [6.45, 7) is 19.4. The molecule has 7 atom stereocenters. The first-order chi connectivity index (χ1) is 13.8. The lowest BCUT2D eigenvalue weighted by Gasteiger charge is -2.58. The number of ketones is 1. The largest absolute Gasteiger partial charge is 0.414 e. The van der Waals surface area contributed by atoms with Gasteiger partial charge in [0.2, 0.25) is 0 Å². The molecule has 0 aromatic heterocycles. The number of hydrogen-bond donors (Lipinski definition) is 0. The first-order valence-electron chi connectivity index (χ1n) is 12.7. The summed E-state index contributed by atoms with van der Waals surface area (Å²) < 4.78 is 6.95. The van der Waals surface area contributed by atoms with E-state index in [0.717, 1.165) is 37.0 Å². The Morgan fingerprint density at radius 1 is 1.03 bits per heavy atom. The van der Waals surface area contributed by atoms with E-state index in [1.165, 1.54) is 37.7 Å². The molecule has 0 aromatic rings. The van der Waals surface area contributed by atoms with Crippen LogP contribution in [0, 0.1) is 34.5 Å². The molecule has 4 rings (SSSR count). The van der Waals surface area contributed by atoms with Gasteiger partial charge in [-0.1, -0.05) is 40.2 Å². The van der Waals surface area contributed by atoms with Crippen molar-refractivity contribution in [2.24, 2.45) is 34.5 Å². The zero-order valence-corrected chi connectivity index (χ0v) is 21.9. The fourth-order valence-corrected chi connectivity index (χ4v) is 9.54. The predicted molar refractivity (Wildman–Crippen MR) is 128 cm³/mol. The number of allylic oxidation sites excluding steroid dienone is 1. The Morgan fingerprint density at radius 3 is 2.40 bits per heavy atom. The second-order valence-corrected chi connectivity index (χ2v) is 18.0. The van der Waals surface area contributed by atoms with Gasteiger partial charge in [0.15, 0.2) is 14.1 Å². The predicted octanol–water partition coefficient (Wildman–Crippen LogP) is 7.54. The van der Waals surface area contributed by atoms with Gasteiger partial charge in [-0.15, -0.1) is 0 Å². The molecule has 3 fully saturated rings. The lowest BCUT2D eigenvalue weighted by molar-refractivity contribution is -0.117. The molecule has 0 saturated heterocycles. The topological polar surface area (TPSA) is 26.3 Å². The van der Waals surface area contributed by atoms with Gasteiger partial charge in [-0.25, -0.2) is 0 Å². The molecule has 3 heteroatoms. The molecule has 0 amide bonds. The van der Waals surface area contributed by atoms with Crippen molar-refractivity contribution in [2.45, 2.75) is 117 Å². The Labute approximate surface area is 186 Å². The minimum absolute atomic E-state index is 0.275. The maximum Gasteiger partial charge on any atom is 0.192 e. The maximum absolute atomic E-state index is 12.1. The van der Waals surface area contributed by atoms with E-state index in [0.29, 0.717) is 28.6 Å². The Kier molecular flexibility index (Phi) is 5.54. The fourth-order valence-electron chi connectivity index (χ4n) is 8.09. The normalized spacial score (nSPS) is 42.8. The van der Waals surface area contributed by atoms with Gasteiger partial charge in [-0.2, -0.15) is 0 Å². The second kappa shape index (κ2) is 7.30. The highest BCUT2D eigenvalue weighted by Crippen LogP contribution is 2.67. The smallest absolute Gasteiger partial charge is 0.192 e. The molecule has 0 N–H and O–H groups in total. The Morgan fingerprint density at radius 2 is 1.73 bits per heavy atom. The van der Waals surface area contributed by atoms with Gasteiger partial charge < -0.3 is 4.43 Å². The summed E-state index contributed by atoms with van der Waals surface area (Å²) in [7, 11) is -1.74. The second-order valence-electron chi connectivity index (χ2n) is 13.3. The number of fused-ring (bicyclic) bond motifs is 5. The van der Waals surface area contributed by atoms with Crippen molar-refractivity contribution in [1.82, 2.24) is 0 Å². The molecule has 0 aliphatic heterocycles. The molecule has 30 heavy (non-hydrogen) atoms. The molecule has 4 aliphatic rings. The summed E-state index contributed by atoms with van der Waals surface area (Å²) in [5, 5.41) is 0.275. The molecule has 0 spiro atoms. The number of carbonyl (C=O) groups excluding carboxylic acids is 1. The van der Waals surface area contributed by atoms with E-state index in [1.54, 1.807) is 0 Å². The SMILES string of the molecule is C[C@@H](O[Si](C)(C)C(C)(C)C)[C@H]1CC[C@H]2[C@@H]3CCC4=CC(=O)CC[C@]4(C)[C@H]3CC[C@]12C. The molecule has 4 aliphatic carbocycles. The van der Waals surface area contributed by atoms with Gasteiger partial charge >= 0.3 is 0 Å². The van der Waals surface area contributed by atoms with Gasteiger partial charge in [-0.05, 0) is 111 Å². The van der Waals surface area contributed by atoms with E-state index in [2.05, 4.69) is 54.6 Å². The Hall–Kier alpha value is -0.413. The first-order valence-corrected chi connectivity index (χ1v) is 15.6. The van der Waals surface area contributed by atoms with Crippen LogP contribution in [-0.4, -0.2) is 20.2 Å². The molecule has 2 nitrogen and oxygen atoms in total. The van der Waals surface area contributed by atoms with E-state index in [4.69, 9.17) is 4.43 Å². The van der Waals surface area contributed by atoms with Crippen molar-refractivity contribution < 1.29 is 9.22 Å². The first kappa shape index (κ1) is 22.8. The third-order valence-electron chi connectivity index (χ3n) is 10.9. The van der Waals surface area contributed by atoms with Crippen LogP contribution in [0.5, 0.6) is 0 Å². The van der Waals surface area contributed by atoms with Gasteiger partial charge in [0.1, 0.15) is 0 Å². The molecule has 0 radical (unpaired) electrons. The number of carbonyl (C=O) groups is 1. The summed E-state index contributed by atoms with van der Waals surface area (Å²) in [6.07, 6.45) is 12.2. The Balaban J connectivity index is 1.55. The molecule has 0 heterocycles. The molecule has 170 valence electrons. The van der Waals surface area contributed by atoms with Crippen LogP contribution in [0.15, 0.2) is 11.6 Å². The summed E-state index contributed by atoms with van der Waals surface area (Å²) in [5.74, 6) is 3.57. The summed E-state index contributed by atoms with van der Waals surface area (Å²) >= 11 is 0. The van der Waals surface area contributed by atoms with Crippen molar-refractivity contribution in [2.75, 3.05) is 0 Å². The Bertz CT molecular complexity index is 732. The van der Waals surface area contributed by atoms with E-state index in [1.807, 2.05) is 6.08 Å². The van der Waals surface area contributed by atoms with Crippen LogP contribution < -0.4 is 0 Å². The average molecular weight is 431 g/mol. The van der Waals surface area contributed by atoms with Crippen LogP contribution in [0.3, 0.4) is 0 Å². The monoisotopic (exact) mass is 430 g/mol. The van der Waals surface area contributed by atoms with Crippen LogP contribution in [0.1, 0.15) is 92.9 Å². The molecule has 0 unspecified atom stereocenters. The molecule has 3 saturated carbocycles. The minimum atomic E-state index is -1.74. The number of hydrogen-bond acceptors (Lipinski definition) is 2. The van der Waals surface area contributed by atoms with Gasteiger partial charge in [0, 0.05) is 12.5 Å². The molecular weight excluding hydrogens is 384 g/mol. The van der Waals surface area contributed by atoms with Crippen molar-refractivity contribution in [3.63, 3.8) is 0 Å². The maximum atomic E-state index is 12.1. The summed E-state index contributed by atoms with van der Waals surface area (Å²) in [4.78, 5) is 12.1. The lowest BCUT2D eigenvalue weighted by Crippen LogP contribution is -2.52. The average Bonchev–Trinajstić information content (AvgIpc) is 2.98. The molecular formula is C27H46O2Si. The zero-order chi connectivity index (χ0) is 22.1. The summed E-state index contributed by atoms with van der Waals surface area (Å²) in [5.41, 5.74) is 2.22. The van der Waals surface area contributed by atoms with Gasteiger partial charge in [0.05, 0.1) is 0 Å².